The molecule has 7 heteroatoms. The molecule has 0 aliphatic heterocycles. The Balaban J connectivity index is 1.93. The largest absolute Gasteiger partial charge is 0.481 e. The molecular formula is C18H22N2O4S. The van der Waals surface area contributed by atoms with Crippen LogP contribution in [0.2, 0.25) is 0 Å². The summed E-state index contributed by atoms with van der Waals surface area (Å²) in [4.78, 5) is 34.7. The van der Waals surface area contributed by atoms with Crippen LogP contribution in [0.25, 0.3) is 0 Å². The molecule has 0 bridgehead atoms. The van der Waals surface area contributed by atoms with E-state index in [0.717, 1.165) is 22.6 Å². The van der Waals surface area contributed by atoms with Crippen molar-refractivity contribution in [2.45, 2.75) is 45.2 Å². The fourth-order valence-electron chi connectivity index (χ4n) is 2.61. The molecule has 0 saturated heterocycles. The summed E-state index contributed by atoms with van der Waals surface area (Å²) >= 11 is 1.12. The van der Waals surface area contributed by atoms with Gasteiger partial charge in [-0.1, -0.05) is 41.7 Å². The fraction of sp³-hybridized carbons (Fsp3) is 0.389. The Morgan fingerprint density at radius 3 is 2.56 bits per heavy atom. The number of amides is 1. The van der Waals surface area contributed by atoms with E-state index < -0.39 is 5.97 Å². The number of carboxylic acids is 1. The molecule has 1 aromatic carbocycles. The minimum absolute atomic E-state index is 0.000870. The molecule has 6 nitrogen and oxygen atoms in total. The van der Waals surface area contributed by atoms with Gasteiger partial charge in [-0.15, -0.1) is 0 Å². The van der Waals surface area contributed by atoms with E-state index in [1.807, 2.05) is 37.3 Å². The topological polar surface area (TPSA) is 88.4 Å². The van der Waals surface area contributed by atoms with Crippen LogP contribution in [0, 0.1) is 6.92 Å². The number of hydrogen-bond acceptors (Lipinski definition) is 4. The van der Waals surface area contributed by atoms with Crippen LogP contribution in [-0.2, 0) is 22.6 Å². The van der Waals surface area contributed by atoms with Crippen LogP contribution in [0.1, 0.15) is 30.5 Å². The molecule has 2 rings (SSSR count). The summed E-state index contributed by atoms with van der Waals surface area (Å²) in [5, 5.41) is 13.6. The lowest BCUT2D eigenvalue weighted by Crippen LogP contribution is -2.37. The third-order valence-corrected chi connectivity index (χ3v) is 4.82. The fourth-order valence-corrected chi connectivity index (χ4v) is 3.37. The van der Waals surface area contributed by atoms with E-state index in [9.17, 15) is 14.4 Å². The molecule has 0 fully saturated rings. The van der Waals surface area contributed by atoms with E-state index in [1.165, 1.54) is 0 Å². The van der Waals surface area contributed by atoms with Gasteiger partial charge in [-0.2, -0.15) is 0 Å². The first-order chi connectivity index (χ1) is 12.0. The van der Waals surface area contributed by atoms with E-state index in [2.05, 4.69) is 5.32 Å². The molecule has 2 N–H and O–H groups in total. The Labute approximate surface area is 150 Å². The first-order valence-corrected chi connectivity index (χ1v) is 9.03. The van der Waals surface area contributed by atoms with Crippen LogP contribution in [0.4, 0.5) is 0 Å². The molecule has 0 spiro atoms. The van der Waals surface area contributed by atoms with Gasteiger partial charge in [0.15, 0.2) is 0 Å². The van der Waals surface area contributed by atoms with Crippen LogP contribution in [-0.4, -0.2) is 27.6 Å². The predicted octanol–water partition coefficient (Wildman–Crippen LogP) is 2.20. The molecule has 1 atom stereocenters. The van der Waals surface area contributed by atoms with Crippen molar-refractivity contribution in [2.24, 2.45) is 0 Å². The summed E-state index contributed by atoms with van der Waals surface area (Å²) in [6, 6.07) is 9.40. The number of nitrogens with zero attached hydrogens (tertiary/aromatic N) is 1. The summed E-state index contributed by atoms with van der Waals surface area (Å²) < 4.78 is 1.58. The molecule has 1 heterocycles. The molecule has 1 amide bonds. The number of aliphatic carboxylic acids is 1. The second-order valence-electron chi connectivity index (χ2n) is 5.93. The number of carbonyl (C=O) groups excluding carboxylic acids is 1. The summed E-state index contributed by atoms with van der Waals surface area (Å²) in [6.45, 7) is 2.16. The monoisotopic (exact) mass is 362 g/mol. The number of rotatable bonds is 9. The van der Waals surface area contributed by atoms with Crippen LogP contribution in [0.5, 0.6) is 0 Å². The average Bonchev–Trinajstić information content (AvgIpc) is 2.90. The highest BCUT2D eigenvalue weighted by Gasteiger charge is 2.15. The summed E-state index contributed by atoms with van der Waals surface area (Å²) in [7, 11) is 0. The normalized spacial score (nSPS) is 11.9. The zero-order valence-electron chi connectivity index (χ0n) is 14.1. The van der Waals surface area contributed by atoms with Crippen molar-refractivity contribution in [1.82, 2.24) is 9.88 Å². The summed E-state index contributed by atoms with van der Waals surface area (Å²) in [5.41, 5.74) is 1.89. The highest BCUT2D eigenvalue weighted by molar-refractivity contribution is 7.07. The van der Waals surface area contributed by atoms with Gasteiger partial charge in [0.05, 0.1) is 0 Å². The van der Waals surface area contributed by atoms with Gasteiger partial charge >= 0.3 is 10.8 Å². The second kappa shape index (κ2) is 9.17. The first kappa shape index (κ1) is 18.9. The molecule has 134 valence electrons. The number of benzene rings is 1. The Hall–Kier alpha value is -2.41. The third kappa shape index (κ3) is 6.19. The van der Waals surface area contributed by atoms with Crippen molar-refractivity contribution in [1.29, 1.82) is 0 Å². The van der Waals surface area contributed by atoms with Crippen molar-refractivity contribution in [3.63, 3.8) is 0 Å². The molecule has 1 unspecified atom stereocenters. The van der Waals surface area contributed by atoms with Gasteiger partial charge in [-0.25, -0.2) is 0 Å². The number of nitrogens with one attached hydrogen (secondary N) is 1. The zero-order valence-corrected chi connectivity index (χ0v) is 14.9. The summed E-state index contributed by atoms with van der Waals surface area (Å²) in [6.07, 6.45) is 1.14. The van der Waals surface area contributed by atoms with E-state index in [1.54, 1.807) is 9.95 Å². The van der Waals surface area contributed by atoms with Crippen LogP contribution in [0.3, 0.4) is 0 Å². The highest BCUT2D eigenvalue weighted by Crippen LogP contribution is 2.09. The standard InChI is InChI=1S/C18H22N2O4S/c1-13-12-25-18(24)20(13)10-9-16(21)19-15(7-8-17(22)23)11-14-5-3-2-4-6-14/h2-6,12,15H,7-11H2,1H3,(H,19,21)(H,22,23). The Bertz CT molecular complexity index is 767. The van der Waals surface area contributed by atoms with E-state index in [-0.39, 0.29) is 29.7 Å². The maximum atomic E-state index is 12.2. The quantitative estimate of drug-likeness (QED) is 0.716. The maximum absolute atomic E-state index is 12.2. The summed E-state index contributed by atoms with van der Waals surface area (Å²) in [5.74, 6) is -1.06. The predicted molar refractivity (Wildman–Crippen MR) is 96.9 cm³/mol. The Kier molecular flexibility index (Phi) is 6.94. The third-order valence-electron chi connectivity index (χ3n) is 3.94. The van der Waals surface area contributed by atoms with E-state index in [0.29, 0.717) is 19.4 Å². The lowest BCUT2D eigenvalue weighted by atomic mass is 10.0. The first-order valence-electron chi connectivity index (χ1n) is 8.15. The number of thiazole rings is 1. The molecule has 25 heavy (non-hydrogen) atoms. The average molecular weight is 362 g/mol. The molecule has 0 aliphatic carbocycles. The van der Waals surface area contributed by atoms with Crippen molar-refractivity contribution in [3.8, 4) is 0 Å². The van der Waals surface area contributed by atoms with Gasteiger partial charge in [-0.3, -0.25) is 14.4 Å². The van der Waals surface area contributed by atoms with Crippen molar-refractivity contribution in [2.75, 3.05) is 0 Å². The zero-order chi connectivity index (χ0) is 18.2. The van der Waals surface area contributed by atoms with Crippen molar-refractivity contribution >= 4 is 23.2 Å². The van der Waals surface area contributed by atoms with Gasteiger partial charge in [0.1, 0.15) is 0 Å². The molecule has 2 aromatic rings. The van der Waals surface area contributed by atoms with E-state index >= 15 is 0 Å². The molecule has 0 aliphatic rings. The van der Waals surface area contributed by atoms with Gasteiger partial charge in [-0.05, 0) is 25.3 Å². The van der Waals surface area contributed by atoms with Crippen LogP contribution >= 0.6 is 11.3 Å². The van der Waals surface area contributed by atoms with Gasteiger partial charge in [0.25, 0.3) is 0 Å². The molecule has 0 radical (unpaired) electrons. The van der Waals surface area contributed by atoms with E-state index in [4.69, 9.17) is 5.11 Å². The Morgan fingerprint density at radius 2 is 1.96 bits per heavy atom. The van der Waals surface area contributed by atoms with Gasteiger partial charge < -0.3 is 15.0 Å². The van der Waals surface area contributed by atoms with Crippen molar-refractivity contribution in [3.05, 3.63) is 56.6 Å². The number of carboxylic acid groups (broad SMARTS) is 1. The number of carbonyl (C=O) groups is 2. The highest BCUT2D eigenvalue weighted by atomic mass is 32.1. The van der Waals surface area contributed by atoms with Crippen LogP contribution in [0.15, 0.2) is 40.5 Å². The number of aromatic nitrogens is 1. The Morgan fingerprint density at radius 1 is 1.24 bits per heavy atom. The number of aryl methyl sites for hydroxylation is 1. The maximum Gasteiger partial charge on any atom is 0.307 e. The van der Waals surface area contributed by atoms with Gasteiger partial charge in [0, 0.05) is 36.5 Å². The molecular weight excluding hydrogens is 340 g/mol. The SMILES string of the molecule is Cc1csc(=O)n1CCC(=O)NC(CCC(=O)O)Cc1ccccc1. The van der Waals surface area contributed by atoms with Crippen molar-refractivity contribution < 1.29 is 14.7 Å². The lowest BCUT2D eigenvalue weighted by Gasteiger charge is -2.18. The minimum atomic E-state index is -0.882. The smallest absolute Gasteiger partial charge is 0.307 e. The molecule has 0 saturated carbocycles. The van der Waals surface area contributed by atoms with Gasteiger partial charge in [0.2, 0.25) is 5.91 Å². The second-order valence-corrected chi connectivity index (χ2v) is 6.75. The molecule has 1 aromatic heterocycles. The number of hydrogen-bond donors (Lipinski definition) is 2. The minimum Gasteiger partial charge on any atom is -0.481 e. The van der Waals surface area contributed by atoms with Crippen LogP contribution < -0.4 is 10.2 Å². The lowest BCUT2D eigenvalue weighted by molar-refractivity contribution is -0.137.